The highest BCUT2D eigenvalue weighted by Gasteiger charge is 2.27. The van der Waals surface area contributed by atoms with E-state index in [9.17, 15) is 4.79 Å². The number of hydrogen-bond acceptors (Lipinski definition) is 6. The monoisotopic (exact) mass is 440 g/mol. The maximum atomic E-state index is 12.0. The van der Waals surface area contributed by atoms with Gasteiger partial charge in [-0.15, -0.1) is 0 Å². The zero-order valence-corrected chi connectivity index (χ0v) is 18.7. The second-order valence-corrected chi connectivity index (χ2v) is 7.85. The highest BCUT2D eigenvalue weighted by Crippen LogP contribution is 2.39. The minimum atomic E-state index is -0.178. The normalized spacial score (nSPS) is 12.0. The molecule has 1 aliphatic carbocycles. The van der Waals surface area contributed by atoms with Gasteiger partial charge in [-0.25, -0.2) is 9.97 Å². The van der Waals surface area contributed by atoms with E-state index in [1.807, 2.05) is 36.1 Å². The number of ether oxygens (including phenoxy) is 1. The van der Waals surface area contributed by atoms with Gasteiger partial charge in [-0.1, -0.05) is 30.3 Å². The predicted molar refractivity (Wildman–Crippen MR) is 127 cm³/mol. The van der Waals surface area contributed by atoms with E-state index < -0.39 is 0 Å². The summed E-state index contributed by atoms with van der Waals surface area (Å²) in [5.74, 6) is 0.808. The number of methoxy groups -OCH3 is 1. The fourth-order valence-electron chi connectivity index (χ4n) is 4.25. The third kappa shape index (κ3) is 3.69. The Balaban J connectivity index is 1.56. The van der Waals surface area contributed by atoms with Crippen molar-refractivity contribution in [1.82, 2.24) is 25.1 Å². The quantitative estimate of drug-likeness (QED) is 0.491. The van der Waals surface area contributed by atoms with Crippen LogP contribution in [0.4, 0.5) is 11.6 Å². The van der Waals surface area contributed by atoms with Crippen molar-refractivity contribution in [3.63, 3.8) is 0 Å². The van der Waals surface area contributed by atoms with Gasteiger partial charge in [0.15, 0.2) is 0 Å². The van der Waals surface area contributed by atoms with E-state index in [1.54, 1.807) is 32.4 Å². The Morgan fingerprint density at radius 2 is 1.94 bits per heavy atom. The Hall–Kier alpha value is -4.20. The first kappa shape index (κ1) is 20.7. The number of benzene rings is 2. The first-order chi connectivity index (χ1) is 16.1. The molecule has 0 bridgehead atoms. The molecule has 8 nitrogen and oxygen atoms in total. The smallest absolute Gasteiger partial charge is 0.251 e. The van der Waals surface area contributed by atoms with Crippen LogP contribution >= 0.6 is 0 Å². The molecule has 0 saturated heterocycles. The lowest BCUT2D eigenvalue weighted by molar-refractivity contribution is 0.0963. The Labute approximate surface area is 191 Å². The second kappa shape index (κ2) is 8.38. The van der Waals surface area contributed by atoms with E-state index >= 15 is 0 Å². The van der Waals surface area contributed by atoms with E-state index in [0.717, 1.165) is 46.6 Å². The maximum Gasteiger partial charge on any atom is 0.251 e. The average molecular weight is 441 g/mol. The van der Waals surface area contributed by atoms with Gasteiger partial charge >= 0.3 is 0 Å². The molecule has 0 spiro atoms. The molecule has 0 aliphatic heterocycles. The molecule has 33 heavy (non-hydrogen) atoms. The van der Waals surface area contributed by atoms with Crippen molar-refractivity contribution in [2.45, 2.75) is 12.8 Å². The van der Waals surface area contributed by atoms with Gasteiger partial charge in [0, 0.05) is 37.0 Å². The van der Waals surface area contributed by atoms with Crippen LogP contribution in [0.5, 0.6) is 5.75 Å². The molecule has 0 radical (unpaired) electrons. The Morgan fingerprint density at radius 3 is 2.70 bits per heavy atom. The SMILES string of the molecule is CNC(=O)c1ccc(Nc2ncc3c(n2)-c2c(nn(C)c2-c2ccccc2)CC3)c(OC)c1. The number of nitrogens with one attached hydrogen (secondary N) is 2. The number of nitrogens with zero attached hydrogens (tertiary/aromatic N) is 4. The molecule has 2 aromatic heterocycles. The third-order valence-electron chi connectivity index (χ3n) is 5.84. The van der Waals surface area contributed by atoms with E-state index in [-0.39, 0.29) is 5.91 Å². The summed E-state index contributed by atoms with van der Waals surface area (Å²) in [6.07, 6.45) is 3.58. The molecule has 0 fully saturated rings. The summed E-state index contributed by atoms with van der Waals surface area (Å²) in [4.78, 5) is 21.4. The highest BCUT2D eigenvalue weighted by molar-refractivity contribution is 5.95. The van der Waals surface area contributed by atoms with E-state index in [2.05, 4.69) is 27.8 Å². The summed E-state index contributed by atoms with van der Waals surface area (Å²) >= 11 is 0. The van der Waals surface area contributed by atoms with Gasteiger partial charge < -0.3 is 15.4 Å². The molecule has 0 atom stereocenters. The van der Waals surface area contributed by atoms with Crippen LogP contribution in [0.2, 0.25) is 0 Å². The lowest BCUT2D eigenvalue weighted by Gasteiger charge is -2.17. The van der Waals surface area contributed by atoms with Crippen LogP contribution in [-0.4, -0.2) is 39.8 Å². The van der Waals surface area contributed by atoms with Crippen LogP contribution in [0.3, 0.4) is 0 Å². The molecule has 2 heterocycles. The van der Waals surface area contributed by atoms with Crippen LogP contribution in [0.25, 0.3) is 22.5 Å². The van der Waals surface area contributed by atoms with Crippen molar-refractivity contribution >= 4 is 17.5 Å². The fourth-order valence-corrected chi connectivity index (χ4v) is 4.25. The zero-order chi connectivity index (χ0) is 22.9. The van der Waals surface area contributed by atoms with Crippen LogP contribution in [0, 0.1) is 0 Å². The van der Waals surface area contributed by atoms with Gasteiger partial charge in [0.1, 0.15) is 5.75 Å². The van der Waals surface area contributed by atoms with Crippen LogP contribution < -0.4 is 15.4 Å². The van der Waals surface area contributed by atoms with Gasteiger partial charge in [-0.2, -0.15) is 5.10 Å². The summed E-state index contributed by atoms with van der Waals surface area (Å²) in [6, 6.07) is 15.4. The van der Waals surface area contributed by atoms with Gasteiger partial charge in [-0.05, 0) is 36.6 Å². The molecule has 0 saturated carbocycles. The molecule has 1 amide bonds. The molecule has 4 aromatic rings. The standard InChI is InChI=1S/C25H24N6O2/c1-26-24(32)16-9-11-18(20(13-16)33-3)28-25-27-14-17-10-12-19-21(22(17)29-25)23(31(2)30-19)15-7-5-4-6-8-15/h4-9,11,13-14H,10,12H2,1-3H3,(H,26,32)(H,27,28,29). The highest BCUT2D eigenvalue weighted by atomic mass is 16.5. The Bertz CT molecular complexity index is 1350. The number of carbonyl (C=O) groups excluding carboxylic acids is 1. The van der Waals surface area contributed by atoms with Crippen LogP contribution in [0.1, 0.15) is 21.6 Å². The summed E-state index contributed by atoms with van der Waals surface area (Å²) in [7, 11) is 5.13. The van der Waals surface area contributed by atoms with E-state index in [0.29, 0.717) is 22.9 Å². The first-order valence-corrected chi connectivity index (χ1v) is 10.7. The molecule has 5 rings (SSSR count). The number of aryl methyl sites for hydroxylation is 3. The van der Waals surface area contributed by atoms with Crippen LogP contribution in [0.15, 0.2) is 54.7 Å². The lowest BCUT2D eigenvalue weighted by Crippen LogP contribution is -2.17. The van der Waals surface area contributed by atoms with E-state index in [4.69, 9.17) is 14.8 Å². The Kier molecular flexibility index (Phi) is 5.26. The number of fused-ring (bicyclic) bond motifs is 3. The van der Waals surface area contributed by atoms with Crippen molar-refractivity contribution in [3.05, 3.63) is 71.5 Å². The van der Waals surface area contributed by atoms with E-state index in [1.165, 1.54) is 0 Å². The molecule has 8 heteroatoms. The Morgan fingerprint density at radius 1 is 1.12 bits per heavy atom. The molecular weight excluding hydrogens is 416 g/mol. The number of hydrogen-bond donors (Lipinski definition) is 2. The first-order valence-electron chi connectivity index (χ1n) is 10.7. The van der Waals surface area contributed by atoms with Gasteiger partial charge in [0.05, 0.1) is 29.9 Å². The molecule has 166 valence electrons. The summed E-state index contributed by atoms with van der Waals surface area (Å²) < 4.78 is 7.43. The number of carbonyl (C=O) groups is 1. The van der Waals surface area contributed by atoms with Crippen molar-refractivity contribution in [2.24, 2.45) is 7.05 Å². The lowest BCUT2D eigenvalue weighted by atomic mass is 9.91. The maximum absolute atomic E-state index is 12.0. The summed E-state index contributed by atoms with van der Waals surface area (Å²) in [5, 5.41) is 10.6. The molecular formula is C25H24N6O2. The minimum absolute atomic E-state index is 0.178. The van der Waals surface area contributed by atoms with Gasteiger partial charge in [0.25, 0.3) is 5.91 Å². The fraction of sp³-hybridized carbons (Fsp3) is 0.200. The van der Waals surface area contributed by atoms with Crippen molar-refractivity contribution in [1.29, 1.82) is 0 Å². The number of amides is 1. The number of rotatable bonds is 5. The minimum Gasteiger partial charge on any atom is -0.495 e. The second-order valence-electron chi connectivity index (χ2n) is 7.85. The number of aromatic nitrogens is 4. The molecule has 1 aliphatic rings. The predicted octanol–water partition coefficient (Wildman–Crippen LogP) is 3.75. The largest absolute Gasteiger partial charge is 0.495 e. The third-order valence-corrected chi connectivity index (χ3v) is 5.84. The molecule has 0 unspecified atom stereocenters. The van der Waals surface area contributed by atoms with Crippen molar-refractivity contribution in [2.75, 3.05) is 19.5 Å². The topological polar surface area (TPSA) is 94.0 Å². The van der Waals surface area contributed by atoms with Gasteiger partial charge in [0.2, 0.25) is 5.95 Å². The average Bonchev–Trinajstić information content (AvgIpc) is 3.20. The summed E-state index contributed by atoms with van der Waals surface area (Å²) in [6.45, 7) is 0. The van der Waals surface area contributed by atoms with Crippen molar-refractivity contribution in [3.8, 4) is 28.3 Å². The van der Waals surface area contributed by atoms with Gasteiger partial charge in [-0.3, -0.25) is 9.48 Å². The molecule has 2 aromatic carbocycles. The summed E-state index contributed by atoms with van der Waals surface area (Å²) in [5.41, 5.74) is 7.42. The zero-order valence-electron chi connectivity index (χ0n) is 18.7. The van der Waals surface area contributed by atoms with Crippen LogP contribution in [-0.2, 0) is 19.9 Å². The molecule has 2 N–H and O–H groups in total. The van der Waals surface area contributed by atoms with Crippen molar-refractivity contribution < 1.29 is 9.53 Å². The number of anilines is 2.